The maximum atomic E-state index is 11.1. The molecule has 1 saturated heterocycles. The van der Waals surface area contributed by atoms with Crippen LogP contribution in [0.4, 0.5) is 0 Å². The highest BCUT2D eigenvalue weighted by Crippen LogP contribution is 2.25. The monoisotopic (exact) mass is 268 g/mol. The Morgan fingerprint density at radius 3 is 2.82 bits per heavy atom. The summed E-state index contributed by atoms with van der Waals surface area (Å²) >= 11 is 2.40. The SMILES string of the molecule is CC[N+]1(C)CCC(=O)CC1I. The molecule has 0 aromatic carbocycles. The summed E-state index contributed by atoms with van der Waals surface area (Å²) < 4.78 is 1.56. The van der Waals surface area contributed by atoms with Crippen LogP contribution in [0.3, 0.4) is 0 Å². The molecule has 2 nitrogen and oxygen atoms in total. The Hall–Kier alpha value is 0.360. The van der Waals surface area contributed by atoms with Crippen LogP contribution >= 0.6 is 22.6 Å². The lowest BCUT2D eigenvalue weighted by atomic mass is 10.1. The first-order chi connectivity index (χ1) is 5.08. The summed E-state index contributed by atoms with van der Waals surface area (Å²) in [7, 11) is 2.24. The number of carbonyl (C=O) groups excluding carboxylic acids is 1. The van der Waals surface area contributed by atoms with Gasteiger partial charge in [-0.15, -0.1) is 0 Å². The van der Waals surface area contributed by atoms with Crippen LogP contribution in [0.2, 0.25) is 0 Å². The summed E-state index contributed by atoms with van der Waals surface area (Å²) in [6, 6.07) is 0. The molecule has 0 spiro atoms. The van der Waals surface area contributed by atoms with E-state index < -0.39 is 0 Å². The third kappa shape index (κ3) is 1.93. The van der Waals surface area contributed by atoms with E-state index in [1.165, 1.54) is 0 Å². The van der Waals surface area contributed by atoms with Crippen LogP contribution in [0.1, 0.15) is 19.8 Å². The molecular formula is C8H15INO+. The Kier molecular flexibility index (Phi) is 2.91. The van der Waals surface area contributed by atoms with Crippen molar-refractivity contribution in [2.75, 3.05) is 20.1 Å². The summed E-state index contributed by atoms with van der Waals surface area (Å²) in [6.07, 6.45) is 1.55. The zero-order chi connectivity index (χ0) is 8.48. The molecular weight excluding hydrogens is 253 g/mol. The van der Waals surface area contributed by atoms with Gasteiger partial charge in [-0.05, 0) is 29.5 Å². The minimum atomic E-state index is 0.438. The molecule has 0 bridgehead atoms. The van der Waals surface area contributed by atoms with Crippen molar-refractivity contribution in [3.05, 3.63) is 0 Å². The molecule has 1 fully saturated rings. The van der Waals surface area contributed by atoms with E-state index in [-0.39, 0.29) is 0 Å². The molecule has 0 aromatic rings. The van der Waals surface area contributed by atoms with Crippen molar-refractivity contribution in [3.8, 4) is 0 Å². The fraction of sp³-hybridized carbons (Fsp3) is 0.875. The fourth-order valence-corrected chi connectivity index (χ4v) is 2.55. The van der Waals surface area contributed by atoms with Gasteiger partial charge >= 0.3 is 0 Å². The summed E-state index contributed by atoms with van der Waals surface area (Å²) in [4.78, 5) is 11.1. The third-order valence-electron chi connectivity index (χ3n) is 2.70. The van der Waals surface area contributed by atoms with Crippen LogP contribution in [0.15, 0.2) is 0 Å². The number of likely N-dealkylation sites (tertiary alicyclic amines) is 1. The van der Waals surface area contributed by atoms with E-state index in [1.807, 2.05) is 0 Å². The lowest BCUT2D eigenvalue weighted by molar-refractivity contribution is -0.915. The number of hydrogen-bond donors (Lipinski definition) is 0. The quantitative estimate of drug-likeness (QED) is 0.305. The maximum absolute atomic E-state index is 11.1. The van der Waals surface area contributed by atoms with Gasteiger partial charge in [-0.2, -0.15) is 0 Å². The molecule has 2 unspecified atom stereocenters. The van der Waals surface area contributed by atoms with Crippen LogP contribution in [-0.2, 0) is 4.79 Å². The van der Waals surface area contributed by atoms with Gasteiger partial charge < -0.3 is 4.48 Å². The molecule has 0 radical (unpaired) electrons. The second-order valence-corrected chi connectivity index (χ2v) is 4.88. The average molecular weight is 268 g/mol. The standard InChI is InChI=1S/C8H15INO/c1-3-10(2)5-4-7(11)6-8(10)9/h8H,3-6H2,1-2H3/q+1. The fourth-order valence-electron chi connectivity index (χ4n) is 1.39. The molecule has 0 aromatic heterocycles. The third-order valence-corrected chi connectivity index (χ3v) is 4.48. The summed E-state index contributed by atoms with van der Waals surface area (Å²) in [5.41, 5.74) is 0. The van der Waals surface area contributed by atoms with E-state index in [0.29, 0.717) is 9.83 Å². The van der Waals surface area contributed by atoms with E-state index in [0.717, 1.165) is 30.4 Å². The van der Waals surface area contributed by atoms with Crippen molar-refractivity contribution < 1.29 is 9.28 Å². The van der Waals surface area contributed by atoms with Gasteiger partial charge in [0.15, 0.2) is 0 Å². The molecule has 1 aliphatic heterocycles. The van der Waals surface area contributed by atoms with E-state index in [1.54, 1.807) is 0 Å². The number of nitrogens with zero attached hydrogens (tertiary/aromatic N) is 1. The molecule has 1 heterocycles. The molecule has 1 rings (SSSR count). The van der Waals surface area contributed by atoms with Gasteiger partial charge in [-0.1, -0.05) is 0 Å². The van der Waals surface area contributed by atoms with Gasteiger partial charge in [0.05, 0.1) is 33.0 Å². The highest BCUT2D eigenvalue weighted by molar-refractivity contribution is 14.1. The van der Waals surface area contributed by atoms with Crippen LogP contribution in [0.25, 0.3) is 0 Å². The van der Waals surface area contributed by atoms with Gasteiger partial charge in [-0.3, -0.25) is 4.79 Å². The van der Waals surface area contributed by atoms with Crippen molar-refractivity contribution in [2.45, 2.75) is 23.8 Å². The first-order valence-electron chi connectivity index (χ1n) is 4.08. The predicted octanol–water partition coefficient (Wildman–Crippen LogP) is 1.58. The zero-order valence-electron chi connectivity index (χ0n) is 7.14. The van der Waals surface area contributed by atoms with E-state index in [9.17, 15) is 4.79 Å². The first kappa shape index (κ1) is 9.45. The number of rotatable bonds is 1. The molecule has 3 heteroatoms. The number of alkyl halides is 1. The molecule has 0 saturated carbocycles. The number of piperidine rings is 1. The molecule has 0 amide bonds. The largest absolute Gasteiger partial charge is 0.315 e. The van der Waals surface area contributed by atoms with E-state index >= 15 is 0 Å². The molecule has 1 aliphatic rings. The lowest BCUT2D eigenvalue weighted by Gasteiger charge is -2.40. The maximum Gasteiger partial charge on any atom is 0.146 e. The molecule has 2 atom stereocenters. The molecule has 64 valence electrons. The van der Waals surface area contributed by atoms with Crippen molar-refractivity contribution in [2.24, 2.45) is 0 Å². The zero-order valence-corrected chi connectivity index (χ0v) is 9.30. The normalized spacial score (nSPS) is 39.2. The number of ketones is 1. The van der Waals surface area contributed by atoms with E-state index in [2.05, 4.69) is 36.6 Å². The highest BCUT2D eigenvalue weighted by atomic mass is 127. The minimum Gasteiger partial charge on any atom is -0.315 e. The second kappa shape index (κ2) is 3.39. The summed E-state index contributed by atoms with van der Waals surface area (Å²) in [5.74, 6) is 0.438. The topological polar surface area (TPSA) is 17.1 Å². The van der Waals surface area contributed by atoms with Crippen LogP contribution in [0, 0.1) is 0 Å². The Balaban J connectivity index is 2.63. The predicted molar refractivity (Wildman–Crippen MR) is 53.6 cm³/mol. The summed E-state index contributed by atoms with van der Waals surface area (Å²) in [5, 5.41) is 0. The van der Waals surface area contributed by atoms with Crippen molar-refractivity contribution >= 4 is 28.4 Å². The Morgan fingerprint density at radius 2 is 2.36 bits per heavy atom. The first-order valence-corrected chi connectivity index (χ1v) is 5.33. The molecule has 0 aliphatic carbocycles. The summed E-state index contributed by atoms with van der Waals surface area (Å²) in [6.45, 7) is 4.37. The van der Waals surface area contributed by atoms with Crippen molar-refractivity contribution in [1.82, 2.24) is 0 Å². The Bertz CT molecular complexity index is 171. The van der Waals surface area contributed by atoms with Crippen LogP contribution in [-0.4, -0.2) is 34.5 Å². The molecule has 11 heavy (non-hydrogen) atoms. The van der Waals surface area contributed by atoms with Crippen LogP contribution < -0.4 is 0 Å². The Labute approximate surface area is 81.7 Å². The van der Waals surface area contributed by atoms with Gasteiger partial charge in [0, 0.05) is 0 Å². The molecule has 0 N–H and O–H groups in total. The van der Waals surface area contributed by atoms with Crippen molar-refractivity contribution in [3.63, 3.8) is 0 Å². The second-order valence-electron chi connectivity index (χ2n) is 3.45. The number of quaternary nitrogens is 1. The highest BCUT2D eigenvalue weighted by Gasteiger charge is 2.35. The number of Topliss-reactive ketones (excluding diaryl/α,β-unsaturated/α-hetero) is 1. The van der Waals surface area contributed by atoms with Crippen molar-refractivity contribution in [1.29, 1.82) is 0 Å². The van der Waals surface area contributed by atoms with Crippen LogP contribution in [0.5, 0.6) is 0 Å². The lowest BCUT2D eigenvalue weighted by Crippen LogP contribution is -2.54. The average Bonchev–Trinajstić information content (AvgIpc) is 1.98. The smallest absolute Gasteiger partial charge is 0.146 e. The minimum absolute atomic E-state index is 0.438. The number of halogens is 1. The van der Waals surface area contributed by atoms with Gasteiger partial charge in [0.2, 0.25) is 0 Å². The van der Waals surface area contributed by atoms with Gasteiger partial charge in [-0.25, -0.2) is 0 Å². The number of carbonyl (C=O) groups is 1. The van der Waals surface area contributed by atoms with E-state index in [4.69, 9.17) is 0 Å². The van der Waals surface area contributed by atoms with Gasteiger partial charge in [0.25, 0.3) is 0 Å². The van der Waals surface area contributed by atoms with Gasteiger partial charge in [0.1, 0.15) is 9.83 Å². The Morgan fingerprint density at radius 1 is 1.73 bits per heavy atom. The number of hydrogen-bond acceptors (Lipinski definition) is 1.